The third-order valence-electron chi connectivity index (χ3n) is 2.10. The third-order valence-corrected chi connectivity index (χ3v) is 3.08. The molecule has 0 fully saturated rings. The van der Waals surface area contributed by atoms with Crippen LogP contribution in [0.2, 0.25) is 5.02 Å². The van der Waals surface area contributed by atoms with Crippen molar-refractivity contribution in [3.05, 3.63) is 35.5 Å². The Morgan fingerprint density at radius 3 is 3.00 bits per heavy atom. The normalized spacial score (nSPS) is 11.0. The molecule has 3 rings (SSSR count). The predicted octanol–water partition coefficient (Wildman–Crippen LogP) is 3.60. The minimum Gasteiger partial charge on any atom is -0.354 e. The number of fused-ring (bicyclic) bond motifs is 1. The molecule has 0 N–H and O–H groups in total. The SMILES string of the molecule is Clc1ccc2noc(-c3ccns3)c2c1. The van der Waals surface area contributed by atoms with Crippen LogP contribution in [-0.4, -0.2) is 9.53 Å². The van der Waals surface area contributed by atoms with Gasteiger partial charge in [0.2, 0.25) is 0 Å². The van der Waals surface area contributed by atoms with Gasteiger partial charge in [-0.3, -0.25) is 0 Å². The standard InChI is InChI=1S/C10H5ClN2OS/c11-6-1-2-8-7(5-6)10(14-13-8)9-3-4-12-15-9/h1-5H. The highest BCUT2D eigenvalue weighted by molar-refractivity contribution is 7.09. The van der Waals surface area contributed by atoms with Gasteiger partial charge in [-0.1, -0.05) is 16.8 Å². The molecule has 0 bridgehead atoms. The van der Waals surface area contributed by atoms with Gasteiger partial charge < -0.3 is 4.52 Å². The molecule has 0 aliphatic carbocycles. The third kappa shape index (κ3) is 1.42. The first kappa shape index (κ1) is 8.88. The molecule has 3 aromatic rings. The molecule has 1 aromatic carbocycles. The van der Waals surface area contributed by atoms with E-state index in [4.69, 9.17) is 16.1 Å². The van der Waals surface area contributed by atoms with Crippen LogP contribution in [0.25, 0.3) is 21.5 Å². The molecule has 2 aromatic heterocycles. The second kappa shape index (κ2) is 3.32. The van der Waals surface area contributed by atoms with Crippen LogP contribution in [0.3, 0.4) is 0 Å². The van der Waals surface area contributed by atoms with Gasteiger partial charge in [0.1, 0.15) is 5.52 Å². The molecule has 0 saturated carbocycles. The van der Waals surface area contributed by atoms with Gasteiger partial charge in [0, 0.05) is 11.2 Å². The lowest BCUT2D eigenvalue weighted by Gasteiger charge is -1.91. The van der Waals surface area contributed by atoms with Crippen molar-refractivity contribution in [2.24, 2.45) is 0 Å². The summed E-state index contributed by atoms with van der Waals surface area (Å²) >= 11 is 7.30. The molecule has 74 valence electrons. The van der Waals surface area contributed by atoms with Gasteiger partial charge in [0.05, 0.1) is 10.3 Å². The number of halogens is 1. The van der Waals surface area contributed by atoms with Crippen molar-refractivity contribution in [3.63, 3.8) is 0 Å². The number of benzene rings is 1. The van der Waals surface area contributed by atoms with E-state index < -0.39 is 0 Å². The van der Waals surface area contributed by atoms with Gasteiger partial charge in [0.25, 0.3) is 0 Å². The van der Waals surface area contributed by atoms with Crippen LogP contribution in [0.5, 0.6) is 0 Å². The van der Waals surface area contributed by atoms with Crippen LogP contribution >= 0.6 is 23.1 Å². The van der Waals surface area contributed by atoms with Crippen molar-refractivity contribution in [3.8, 4) is 10.6 Å². The van der Waals surface area contributed by atoms with E-state index in [2.05, 4.69) is 9.53 Å². The van der Waals surface area contributed by atoms with Crippen molar-refractivity contribution in [2.45, 2.75) is 0 Å². The maximum atomic E-state index is 5.93. The molecular formula is C10H5ClN2OS. The first-order valence-electron chi connectivity index (χ1n) is 4.30. The summed E-state index contributed by atoms with van der Waals surface area (Å²) in [5.74, 6) is 0.731. The Morgan fingerprint density at radius 2 is 2.20 bits per heavy atom. The van der Waals surface area contributed by atoms with Gasteiger partial charge in [-0.15, -0.1) is 0 Å². The Hall–Kier alpha value is -1.39. The smallest absolute Gasteiger partial charge is 0.186 e. The van der Waals surface area contributed by atoms with Crippen LogP contribution in [0.1, 0.15) is 0 Å². The molecule has 5 heteroatoms. The van der Waals surface area contributed by atoms with Crippen molar-refractivity contribution in [1.29, 1.82) is 0 Å². The summed E-state index contributed by atoms with van der Waals surface area (Å²) in [4.78, 5) is 0.958. The number of aromatic nitrogens is 2. The zero-order valence-corrected chi connectivity index (χ0v) is 9.05. The van der Waals surface area contributed by atoms with Gasteiger partial charge in [0.15, 0.2) is 5.76 Å². The molecule has 0 unspecified atom stereocenters. The molecule has 0 aliphatic rings. The Morgan fingerprint density at radius 1 is 1.27 bits per heavy atom. The summed E-state index contributed by atoms with van der Waals surface area (Å²) in [5.41, 5.74) is 0.808. The first-order valence-corrected chi connectivity index (χ1v) is 5.46. The van der Waals surface area contributed by atoms with Crippen molar-refractivity contribution in [2.75, 3.05) is 0 Å². The summed E-state index contributed by atoms with van der Waals surface area (Å²) in [7, 11) is 0. The van der Waals surface area contributed by atoms with E-state index in [9.17, 15) is 0 Å². The van der Waals surface area contributed by atoms with Crippen LogP contribution in [-0.2, 0) is 0 Å². The van der Waals surface area contributed by atoms with Crippen LogP contribution in [0.4, 0.5) is 0 Å². The van der Waals surface area contributed by atoms with E-state index in [1.807, 2.05) is 18.2 Å². The van der Waals surface area contributed by atoms with Gasteiger partial charge >= 0.3 is 0 Å². The highest BCUT2D eigenvalue weighted by Crippen LogP contribution is 2.32. The first-order chi connectivity index (χ1) is 7.34. The zero-order chi connectivity index (χ0) is 10.3. The molecule has 0 saturated heterocycles. The zero-order valence-electron chi connectivity index (χ0n) is 7.48. The van der Waals surface area contributed by atoms with Crippen molar-refractivity contribution < 1.29 is 4.52 Å². The van der Waals surface area contributed by atoms with Crippen LogP contribution in [0, 0.1) is 0 Å². The van der Waals surface area contributed by atoms with Gasteiger partial charge in [-0.2, -0.15) is 0 Å². The molecule has 3 nitrogen and oxygen atoms in total. The lowest BCUT2D eigenvalue weighted by molar-refractivity contribution is 0.442. The minimum absolute atomic E-state index is 0.677. The molecule has 2 heterocycles. The van der Waals surface area contributed by atoms with Gasteiger partial charge in [-0.25, -0.2) is 4.37 Å². The van der Waals surface area contributed by atoms with E-state index in [1.54, 1.807) is 12.3 Å². The number of hydrogen-bond donors (Lipinski definition) is 0. The molecule has 0 aliphatic heterocycles. The van der Waals surface area contributed by atoms with E-state index in [0.29, 0.717) is 5.02 Å². The minimum atomic E-state index is 0.677. The number of rotatable bonds is 1. The highest BCUT2D eigenvalue weighted by atomic mass is 35.5. The molecule has 0 amide bonds. The fourth-order valence-corrected chi connectivity index (χ4v) is 2.18. The fourth-order valence-electron chi connectivity index (χ4n) is 1.42. The number of hydrogen-bond acceptors (Lipinski definition) is 4. The van der Waals surface area contributed by atoms with E-state index in [-0.39, 0.29) is 0 Å². The van der Waals surface area contributed by atoms with Crippen molar-refractivity contribution in [1.82, 2.24) is 9.53 Å². The Bertz CT molecular complexity index is 603. The quantitative estimate of drug-likeness (QED) is 0.648. The predicted molar refractivity (Wildman–Crippen MR) is 60.1 cm³/mol. The largest absolute Gasteiger partial charge is 0.354 e. The summed E-state index contributed by atoms with van der Waals surface area (Å²) in [6.45, 7) is 0. The monoisotopic (exact) mass is 236 g/mol. The van der Waals surface area contributed by atoms with Gasteiger partial charge in [-0.05, 0) is 35.8 Å². The molecule has 0 atom stereocenters. The molecular weight excluding hydrogens is 232 g/mol. The Balaban J connectivity index is 2.32. The molecule has 15 heavy (non-hydrogen) atoms. The van der Waals surface area contributed by atoms with E-state index in [1.165, 1.54) is 11.5 Å². The summed E-state index contributed by atoms with van der Waals surface area (Å²) < 4.78 is 9.30. The Kier molecular flexibility index (Phi) is 1.97. The van der Waals surface area contributed by atoms with Crippen LogP contribution < -0.4 is 0 Å². The lowest BCUT2D eigenvalue weighted by Crippen LogP contribution is -1.69. The maximum absolute atomic E-state index is 5.93. The number of nitrogens with zero attached hydrogens (tertiary/aromatic N) is 2. The molecule has 0 radical (unpaired) electrons. The Labute approximate surface area is 94.4 Å². The van der Waals surface area contributed by atoms with Crippen LogP contribution in [0.15, 0.2) is 35.0 Å². The average Bonchev–Trinajstić information content (AvgIpc) is 2.83. The highest BCUT2D eigenvalue weighted by Gasteiger charge is 2.11. The van der Waals surface area contributed by atoms with Crippen molar-refractivity contribution >= 4 is 34.0 Å². The summed E-state index contributed by atoms with van der Waals surface area (Å²) in [6, 6.07) is 7.38. The summed E-state index contributed by atoms with van der Waals surface area (Å²) in [5, 5.41) is 5.56. The maximum Gasteiger partial charge on any atom is 0.186 e. The molecule has 0 spiro atoms. The second-order valence-electron chi connectivity index (χ2n) is 3.05. The second-order valence-corrected chi connectivity index (χ2v) is 4.32. The van der Waals surface area contributed by atoms with E-state index in [0.717, 1.165) is 21.5 Å². The lowest BCUT2D eigenvalue weighted by atomic mass is 10.2. The topological polar surface area (TPSA) is 38.9 Å². The average molecular weight is 237 g/mol. The fraction of sp³-hybridized carbons (Fsp3) is 0. The summed E-state index contributed by atoms with van der Waals surface area (Å²) in [6.07, 6.45) is 1.74. The van der Waals surface area contributed by atoms with E-state index >= 15 is 0 Å².